The summed E-state index contributed by atoms with van der Waals surface area (Å²) < 4.78 is 23.3. The lowest BCUT2D eigenvalue weighted by Crippen LogP contribution is -2.45. The van der Waals surface area contributed by atoms with E-state index in [4.69, 9.17) is 5.14 Å². The Kier molecular flexibility index (Phi) is 3.88. The molecule has 5 nitrogen and oxygen atoms in total. The van der Waals surface area contributed by atoms with Gasteiger partial charge in [-0.2, -0.15) is 0 Å². The average Bonchev–Trinajstić information content (AvgIpc) is 3.14. The largest absolute Gasteiger partial charge is 0.347 e. The molecule has 2 rings (SSSR count). The highest BCUT2D eigenvalue weighted by molar-refractivity contribution is 7.89. The van der Waals surface area contributed by atoms with Gasteiger partial charge >= 0.3 is 0 Å². The van der Waals surface area contributed by atoms with Crippen molar-refractivity contribution >= 4 is 15.9 Å². The van der Waals surface area contributed by atoms with E-state index in [0.717, 1.165) is 18.4 Å². The number of primary sulfonamides is 1. The SMILES string of the molecule is Cc1cc(C(=O)NC(C)(C)C2CC2)cc(S(N)(=O)=O)c1C. The number of carbonyl (C=O) groups is 1. The standard InChI is InChI=1S/C15H22N2O3S/c1-9-7-11(8-13(10(9)2)21(16,19)20)14(18)17-15(3,4)12-5-6-12/h7-8,12H,5-6H2,1-4H3,(H,17,18)(H2,16,19,20). The number of amides is 1. The fourth-order valence-electron chi connectivity index (χ4n) is 2.53. The van der Waals surface area contributed by atoms with Crippen molar-refractivity contribution in [2.75, 3.05) is 0 Å². The molecule has 0 spiro atoms. The summed E-state index contributed by atoms with van der Waals surface area (Å²) in [4.78, 5) is 12.4. The molecule has 1 aliphatic carbocycles. The van der Waals surface area contributed by atoms with Crippen molar-refractivity contribution in [2.45, 2.75) is 51.0 Å². The van der Waals surface area contributed by atoms with Crippen molar-refractivity contribution < 1.29 is 13.2 Å². The molecule has 0 aliphatic heterocycles. The monoisotopic (exact) mass is 310 g/mol. The van der Waals surface area contributed by atoms with E-state index in [0.29, 0.717) is 17.0 Å². The van der Waals surface area contributed by atoms with Crippen LogP contribution in [0.15, 0.2) is 17.0 Å². The van der Waals surface area contributed by atoms with Gasteiger partial charge in [-0.25, -0.2) is 13.6 Å². The van der Waals surface area contributed by atoms with Crippen LogP contribution in [-0.4, -0.2) is 19.9 Å². The minimum absolute atomic E-state index is 0.0110. The lowest BCUT2D eigenvalue weighted by molar-refractivity contribution is 0.0903. The number of sulfonamides is 1. The van der Waals surface area contributed by atoms with Gasteiger partial charge in [0.25, 0.3) is 5.91 Å². The zero-order valence-electron chi connectivity index (χ0n) is 12.9. The Bertz CT molecular complexity index is 689. The average molecular weight is 310 g/mol. The zero-order valence-corrected chi connectivity index (χ0v) is 13.7. The normalized spacial score (nSPS) is 15.9. The summed E-state index contributed by atoms with van der Waals surface area (Å²) in [5.41, 5.74) is 1.36. The predicted molar refractivity (Wildman–Crippen MR) is 81.6 cm³/mol. The van der Waals surface area contributed by atoms with Gasteiger partial charge in [0.05, 0.1) is 4.90 Å². The lowest BCUT2D eigenvalue weighted by atomic mass is 9.97. The van der Waals surface area contributed by atoms with E-state index in [2.05, 4.69) is 5.32 Å². The summed E-state index contributed by atoms with van der Waals surface area (Å²) in [6, 6.07) is 3.05. The molecule has 0 unspecified atom stereocenters. The molecular weight excluding hydrogens is 288 g/mol. The van der Waals surface area contributed by atoms with Crippen LogP contribution in [-0.2, 0) is 10.0 Å². The Morgan fingerprint density at radius 2 is 1.86 bits per heavy atom. The first-order valence-corrected chi connectivity index (χ1v) is 8.53. The minimum Gasteiger partial charge on any atom is -0.347 e. The zero-order chi connectivity index (χ0) is 16.0. The molecule has 0 radical (unpaired) electrons. The Morgan fingerprint density at radius 1 is 1.29 bits per heavy atom. The Morgan fingerprint density at radius 3 is 2.33 bits per heavy atom. The third-order valence-electron chi connectivity index (χ3n) is 4.22. The first kappa shape index (κ1) is 16.0. The minimum atomic E-state index is -3.84. The molecule has 1 aliphatic rings. The fraction of sp³-hybridized carbons (Fsp3) is 0.533. The smallest absolute Gasteiger partial charge is 0.251 e. The molecular formula is C15H22N2O3S. The maximum atomic E-state index is 12.4. The molecule has 0 saturated heterocycles. The number of carbonyl (C=O) groups excluding carboxylic acids is 1. The van der Waals surface area contributed by atoms with Gasteiger partial charge in [-0.1, -0.05) is 0 Å². The molecule has 0 aromatic heterocycles. The second kappa shape index (κ2) is 5.10. The molecule has 1 saturated carbocycles. The molecule has 116 valence electrons. The van der Waals surface area contributed by atoms with Crippen molar-refractivity contribution in [3.05, 3.63) is 28.8 Å². The van der Waals surface area contributed by atoms with Gasteiger partial charge < -0.3 is 5.32 Å². The Balaban J connectivity index is 2.36. The quantitative estimate of drug-likeness (QED) is 0.889. The van der Waals surface area contributed by atoms with Crippen molar-refractivity contribution in [3.8, 4) is 0 Å². The van der Waals surface area contributed by atoms with E-state index in [1.54, 1.807) is 19.9 Å². The number of rotatable bonds is 4. The number of benzene rings is 1. The Labute approximate surface area is 126 Å². The van der Waals surface area contributed by atoms with Crippen LogP contribution in [0.1, 0.15) is 48.2 Å². The molecule has 1 aromatic rings. The van der Waals surface area contributed by atoms with Gasteiger partial charge in [-0.05, 0) is 69.7 Å². The van der Waals surface area contributed by atoms with E-state index < -0.39 is 10.0 Å². The van der Waals surface area contributed by atoms with Crippen molar-refractivity contribution in [1.29, 1.82) is 0 Å². The summed E-state index contributed by atoms with van der Waals surface area (Å²) in [6.07, 6.45) is 2.23. The second-order valence-corrected chi connectivity index (χ2v) is 7.94. The van der Waals surface area contributed by atoms with Gasteiger partial charge in [-0.15, -0.1) is 0 Å². The molecule has 1 fully saturated rings. The topological polar surface area (TPSA) is 89.3 Å². The highest BCUT2D eigenvalue weighted by Crippen LogP contribution is 2.39. The van der Waals surface area contributed by atoms with Crippen molar-refractivity contribution in [2.24, 2.45) is 11.1 Å². The first-order chi connectivity index (χ1) is 9.52. The van der Waals surface area contributed by atoms with Crippen LogP contribution in [0.3, 0.4) is 0 Å². The van der Waals surface area contributed by atoms with Gasteiger partial charge in [0, 0.05) is 11.1 Å². The summed E-state index contributed by atoms with van der Waals surface area (Å²) in [5.74, 6) is 0.227. The van der Waals surface area contributed by atoms with Crippen LogP contribution in [0.4, 0.5) is 0 Å². The molecule has 0 heterocycles. The molecule has 1 amide bonds. The van der Waals surface area contributed by atoms with Crippen LogP contribution in [0, 0.1) is 19.8 Å². The highest BCUT2D eigenvalue weighted by Gasteiger charge is 2.39. The molecule has 1 aromatic carbocycles. The van der Waals surface area contributed by atoms with Gasteiger partial charge in [0.2, 0.25) is 10.0 Å². The summed E-state index contributed by atoms with van der Waals surface area (Å²) in [5, 5.41) is 8.21. The van der Waals surface area contributed by atoms with Crippen molar-refractivity contribution in [3.63, 3.8) is 0 Å². The molecule has 3 N–H and O–H groups in total. The van der Waals surface area contributed by atoms with Crippen LogP contribution in [0.2, 0.25) is 0 Å². The van der Waals surface area contributed by atoms with E-state index in [1.165, 1.54) is 6.07 Å². The maximum absolute atomic E-state index is 12.4. The molecule has 0 bridgehead atoms. The fourth-order valence-corrected chi connectivity index (χ4v) is 3.40. The van der Waals surface area contributed by atoms with E-state index in [-0.39, 0.29) is 16.3 Å². The highest BCUT2D eigenvalue weighted by atomic mass is 32.2. The van der Waals surface area contributed by atoms with Crippen LogP contribution in [0.25, 0.3) is 0 Å². The summed E-state index contributed by atoms with van der Waals surface area (Å²) >= 11 is 0. The van der Waals surface area contributed by atoms with Gasteiger partial charge in [-0.3, -0.25) is 4.79 Å². The number of hydrogen-bond acceptors (Lipinski definition) is 3. The molecule has 6 heteroatoms. The number of nitrogens with two attached hydrogens (primary N) is 1. The maximum Gasteiger partial charge on any atom is 0.251 e. The summed E-state index contributed by atoms with van der Waals surface area (Å²) in [6.45, 7) is 7.44. The van der Waals surface area contributed by atoms with Crippen LogP contribution >= 0.6 is 0 Å². The van der Waals surface area contributed by atoms with Crippen LogP contribution < -0.4 is 10.5 Å². The van der Waals surface area contributed by atoms with E-state index in [9.17, 15) is 13.2 Å². The predicted octanol–water partition coefficient (Wildman–Crippen LogP) is 1.87. The Hall–Kier alpha value is -1.40. The third-order valence-corrected chi connectivity index (χ3v) is 5.26. The van der Waals surface area contributed by atoms with Gasteiger partial charge in [0.15, 0.2) is 0 Å². The van der Waals surface area contributed by atoms with E-state index in [1.807, 2.05) is 13.8 Å². The number of hydrogen-bond donors (Lipinski definition) is 2. The first-order valence-electron chi connectivity index (χ1n) is 6.99. The van der Waals surface area contributed by atoms with Crippen LogP contribution in [0.5, 0.6) is 0 Å². The van der Waals surface area contributed by atoms with Gasteiger partial charge in [0.1, 0.15) is 0 Å². The molecule has 0 atom stereocenters. The second-order valence-electron chi connectivity index (χ2n) is 6.41. The molecule has 21 heavy (non-hydrogen) atoms. The van der Waals surface area contributed by atoms with Crippen molar-refractivity contribution in [1.82, 2.24) is 5.32 Å². The number of nitrogens with one attached hydrogen (secondary N) is 1. The summed E-state index contributed by atoms with van der Waals surface area (Å²) in [7, 11) is -3.84. The third kappa shape index (κ3) is 3.44. The lowest BCUT2D eigenvalue weighted by Gasteiger charge is -2.26. The van der Waals surface area contributed by atoms with E-state index >= 15 is 0 Å². The number of aryl methyl sites for hydroxylation is 1.